The molecule has 140 valence electrons. The van der Waals surface area contributed by atoms with Gasteiger partial charge in [0.15, 0.2) is 12.4 Å². The standard InChI is InChI=1S/C21H18N4O3/c26-19-14-28-18-9-5-4-8-17(18)25(19)13-12-23-21(27)16-10-11-22-20(24-16)15-6-2-1-3-7-15/h1-11H,12-14H2,(H,23,27). The van der Waals surface area contributed by atoms with Crippen molar-refractivity contribution >= 4 is 17.5 Å². The highest BCUT2D eigenvalue weighted by Crippen LogP contribution is 2.30. The zero-order chi connectivity index (χ0) is 19.3. The van der Waals surface area contributed by atoms with Crippen molar-refractivity contribution in [3.05, 3.63) is 72.6 Å². The zero-order valence-corrected chi connectivity index (χ0v) is 15.0. The van der Waals surface area contributed by atoms with Crippen molar-refractivity contribution in [2.45, 2.75) is 0 Å². The van der Waals surface area contributed by atoms with Crippen LogP contribution in [0.1, 0.15) is 10.5 Å². The lowest BCUT2D eigenvalue weighted by atomic mass is 10.2. The Morgan fingerprint density at radius 2 is 1.86 bits per heavy atom. The van der Waals surface area contributed by atoms with E-state index in [2.05, 4.69) is 15.3 Å². The number of nitrogens with zero attached hydrogens (tertiary/aromatic N) is 3. The molecule has 28 heavy (non-hydrogen) atoms. The smallest absolute Gasteiger partial charge is 0.270 e. The summed E-state index contributed by atoms with van der Waals surface area (Å²) in [5, 5.41) is 2.81. The van der Waals surface area contributed by atoms with E-state index in [0.717, 1.165) is 5.56 Å². The molecule has 2 amide bonds. The number of carbonyl (C=O) groups is 2. The molecular weight excluding hydrogens is 356 g/mol. The first-order chi connectivity index (χ1) is 13.7. The van der Waals surface area contributed by atoms with Gasteiger partial charge in [-0.25, -0.2) is 9.97 Å². The van der Waals surface area contributed by atoms with Gasteiger partial charge in [0.25, 0.3) is 11.8 Å². The first-order valence-corrected chi connectivity index (χ1v) is 8.91. The molecule has 4 rings (SSSR count). The molecule has 7 nitrogen and oxygen atoms in total. The molecule has 0 saturated heterocycles. The Bertz CT molecular complexity index is 1010. The fraction of sp³-hybridized carbons (Fsp3) is 0.143. The van der Waals surface area contributed by atoms with Crippen LogP contribution in [-0.2, 0) is 4.79 Å². The second-order valence-electron chi connectivity index (χ2n) is 6.19. The molecule has 2 aromatic carbocycles. The van der Waals surface area contributed by atoms with Gasteiger partial charge in [0.1, 0.15) is 11.4 Å². The number of hydrogen-bond acceptors (Lipinski definition) is 5. The summed E-state index contributed by atoms with van der Waals surface area (Å²) in [6.07, 6.45) is 1.56. The van der Waals surface area contributed by atoms with Crippen LogP contribution in [0.2, 0.25) is 0 Å². The van der Waals surface area contributed by atoms with Crippen LogP contribution < -0.4 is 15.0 Å². The number of anilines is 1. The highest BCUT2D eigenvalue weighted by atomic mass is 16.5. The third-order valence-corrected chi connectivity index (χ3v) is 4.35. The molecule has 0 spiro atoms. The van der Waals surface area contributed by atoms with Crippen LogP contribution in [-0.4, -0.2) is 41.5 Å². The summed E-state index contributed by atoms with van der Waals surface area (Å²) >= 11 is 0. The van der Waals surface area contributed by atoms with E-state index in [-0.39, 0.29) is 24.1 Å². The van der Waals surface area contributed by atoms with Gasteiger partial charge >= 0.3 is 0 Å². The normalized spacial score (nSPS) is 12.9. The predicted molar refractivity (Wildman–Crippen MR) is 104 cm³/mol. The van der Waals surface area contributed by atoms with Gasteiger partial charge in [-0.1, -0.05) is 42.5 Å². The van der Waals surface area contributed by atoms with Crippen LogP contribution >= 0.6 is 0 Å². The summed E-state index contributed by atoms with van der Waals surface area (Å²) in [4.78, 5) is 34.8. The molecular formula is C21H18N4O3. The molecule has 3 aromatic rings. The number of fused-ring (bicyclic) bond motifs is 1. The van der Waals surface area contributed by atoms with Crippen molar-refractivity contribution in [3.63, 3.8) is 0 Å². The number of aromatic nitrogens is 2. The molecule has 0 fully saturated rings. The van der Waals surface area contributed by atoms with Crippen LogP contribution in [0.25, 0.3) is 11.4 Å². The highest BCUT2D eigenvalue weighted by molar-refractivity contribution is 5.98. The van der Waals surface area contributed by atoms with E-state index in [9.17, 15) is 9.59 Å². The van der Waals surface area contributed by atoms with E-state index < -0.39 is 0 Å². The molecule has 0 saturated carbocycles. The fourth-order valence-corrected chi connectivity index (χ4v) is 2.98. The van der Waals surface area contributed by atoms with Gasteiger partial charge in [0, 0.05) is 24.8 Å². The van der Waals surface area contributed by atoms with Crippen molar-refractivity contribution in [2.75, 3.05) is 24.6 Å². The molecule has 1 aromatic heterocycles. The quantitative estimate of drug-likeness (QED) is 0.741. The van der Waals surface area contributed by atoms with Gasteiger partial charge in [-0.3, -0.25) is 9.59 Å². The third-order valence-electron chi connectivity index (χ3n) is 4.35. The number of nitrogens with one attached hydrogen (secondary N) is 1. The number of ether oxygens (including phenoxy) is 1. The van der Waals surface area contributed by atoms with Crippen molar-refractivity contribution in [3.8, 4) is 17.1 Å². The maximum absolute atomic E-state index is 12.5. The number of carbonyl (C=O) groups excluding carboxylic acids is 2. The SMILES string of the molecule is O=C(NCCN1C(=O)COc2ccccc21)c1ccnc(-c2ccccc2)n1. The first-order valence-electron chi connectivity index (χ1n) is 8.91. The molecule has 0 atom stereocenters. The predicted octanol–water partition coefficient (Wildman–Crippen LogP) is 2.30. The largest absolute Gasteiger partial charge is 0.482 e. The minimum atomic E-state index is -0.312. The van der Waals surface area contributed by atoms with Crippen molar-refractivity contribution in [1.82, 2.24) is 15.3 Å². The monoisotopic (exact) mass is 374 g/mol. The van der Waals surface area contributed by atoms with Gasteiger partial charge in [0.2, 0.25) is 0 Å². The molecule has 1 aliphatic rings. The molecule has 0 bridgehead atoms. The van der Waals surface area contributed by atoms with Crippen LogP contribution in [0.15, 0.2) is 66.9 Å². The lowest BCUT2D eigenvalue weighted by Gasteiger charge is -2.29. The number of benzene rings is 2. The summed E-state index contributed by atoms with van der Waals surface area (Å²) in [5.41, 5.74) is 1.83. The van der Waals surface area contributed by atoms with Crippen LogP contribution in [0, 0.1) is 0 Å². The van der Waals surface area contributed by atoms with E-state index in [1.165, 1.54) is 0 Å². The maximum atomic E-state index is 12.5. The first kappa shape index (κ1) is 17.7. The van der Waals surface area contributed by atoms with E-state index >= 15 is 0 Å². The minimum absolute atomic E-state index is 0.00267. The summed E-state index contributed by atoms with van der Waals surface area (Å²) in [6.45, 7) is 0.641. The molecule has 1 N–H and O–H groups in total. The van der Waals surface area contributed by atoms with E-state index in [4.69, 9.17) is 4.74 Å². The average Bonchev–Trinajstić information content (AvgIpc) is 2.76. The van der Waals surface area contributed by atoms with Crippen LogP contribution in [0.5, 0.6) is 5.75 Å². The highest BCUT2D eigenvalue weighted by Gasteiger charge is 2.24. The number of para-hydroxylation sites is 2. The Balaban J connectivity index is 1.41. The van der Waals surface area contributed by atoms with Gasteiger partial charge in [-0.2, -0.15) is 0 Å². The summed E-state index contributed by atoms with van der Waals surface area (Å²) < 4.78 is 5.42. The Morgan fingerprint density at radius 3 is 2.71 bits per heavy atom. The summed E-state index contributed by atoms with van der Waals surface area (Å²) in [6, 6.07) is 18.4. The fourth-order valence-electron chi connectivity index (χ4n) is 2.98. The van der Waals surface area contributed by atoms with Gasteiger partial charge in [-0.05, 0) is 18.2 Å². The Hall–Kier alpha value is -3.74. The summed E-state index contributed by atoms with van der Waals surface area (Å²) in [7, 11) is 0. The molecule has 0 aliphatic carbocycles. The van der Waals surface area contributed by atoms with E-state index in [0.29, 0.717) is 30.4 Å². The Labute approximate surface area is 162 Å². The Morgan fingerprint density at radius 1 is 1.07 bits per heavy atom. The topological polar surface area (TPSA) is 84.4 Å². The second kappa shape index (κ2) is 7.87. The maximum Gasteiger partial charge on any atom is 0.270 e. The minimum Gasteiger partial charge on any atom is -0.482 e. The van der Waals surface area contributed by atoms with Crippen LogP contribution in [0.3, 0.4) is 0 Å². The van der Waals surface area contributed by atoms with E-state index in [1.807, 2.05) is 54.6 Å². The molecule has 0 unspecified atom stereocenters. The second-order valence-corrected chi connectivity index (χ2v) is 6.19. The molecule has 7 heteroatoms. The lowest BCUT2D eigenvalue weighted by molar-refractivity contribution is -0.121. The Kier molecular flexibility index (Phi) is 4.97. The number of amides is 2. The number of rotatable bonds is 5. The van der Waals surface area contributed by atoms with Gasteiger partial charge in [0.05, 0.1) is 5.69 Å². The van der Waals surface area contributed by atoms with Crippen molar-refractivity contribution < 1.29 is 14.3 Å². The lowest BCUT2D eigenvalue weighted by Crippen LogP contribution is -2.43. The van der Waals surface area contributed by atoms with Crippen molar-refractivity contribution in [2.24, 2.45) is 0 Å². The average molecular weight is 374 g/mol. The summed E-state index contributed by atoms with van der Waals surface area (Å²) in [5.74, 6) is 0.706. The van der Waals surface area contributed by atoms with Crippen molar-refractivity contribution in [1.29, 1.82) is 0 Å². The van der Waals surface area contributed by atoms with Crippen LogP contribution in [0.4, 0.5) is 5.69 Å². The zero-order valence-electron chi connectivity index (χ0n) is 15.0. The molecule has 2 heterocycles. The van der Waals surface area contributed by atoms with Gasteiger partial charge < -0.3 is 15.0 Å². The third kappa shape index (κ3) is 3.68. The molecule has 1 aliphatic heterocycles. The van der Waals surface area contributed by atoms with Gasteiger partial charge in [-0.15, -0.1) is 0 Å². The number of hydrogen-bond donors (Lipinski definition) is 1. The van der Waals surface area contributed by atoms with E-state index in [1.54, 1.807) is 17.2 Å². The molecule has 0 radical (unpaired) electrons.